The van der Waals surface area contributed by atoms with Crippen LogP contribution in [0.15, 0.2) is 21.7 Å². The maximum atomic E-state index is 12.8. The minimum absolute atomic E-state index is 0.220. The van der Waals surface area contributed by atoms with Crippen LogP contribution in [0, 0.1) is 0 Å². The molecule has 1 unspecified atom stereocenters. The molecule has 2 aromatic rings. The van der Waals surface area contributed by atoms with E-state index >= 15 is 0 Å². The summed E-state index contributed by atoms with van der Waals surface area (Å²) in [5, 5.41) is 38.0. The molecule has 0 radical (unpaired) electrons. The molecule has 0 aromatic carbocycles. The van der Waals surface area contributed by atoms with E-state index in [2.05, 4.69) is 9.97 Å². The zero-order chi connectivity index (χ0) is 19.9. The first kappa shape index (κ1) is 18.8. The van der Waals surface area contributed by atoms with Gasteiger partial charge in [-0.2, -0.15) is 4.98 Å². The van der Waals surface area contributed by atoms with E-state index in [1.807, 2.05) is 0 Å². The van der Waals surface area contributed by atoms with Gasteiger partial charge >= 0.3 is 11.7 Å². The lowest BCUT2D eigenvalue weighted by Crippen LogP contribution is -2.36. The van der Waals surface area contributed by atoms with Crippen molar-refractivity contribution in [1.82, 2.24) is 19.1 Å². The summed E-state index contributed by atoms with van der Waals surface area (Å²) >= 11 is 0. The first-order chi connectivity index (χ1) is 12.8. The SMILES string of the molecule is Nc1nc2c(c(=O)[nH]1)n(C/C=C/C(=O)O)c(=O)n2[C@@H]1O[C@H](CO)C(O)[C@@H]1O. The maximum absolute atomic E-state index is 12.8. The van der Waals surface area contributed by atoms with E-state index in [1.54, 1.807) is 0 Å². The number of fused-ring (bicyclic) bond motifs is 1. The van der Waals surface area contributed by atoms with E-state index in [4.69, 9.17) is 15.6 Å². The smallest absolute Gasteiger partial charge is 0.333 e. The number of aromatic amines is 1. The Bertz CT molecular complexity index is 1020. The molecule has 13 heteroatoms. The topological polar surface area (TPSA) is 206 Å². The molecule has 7 N–H and O–H groups in total. The van der Waals surface area contributed by atoms with Gasteiger partial charge in [0.05, 0.1) is 6.61 Å². The number of allylic oxidation sites excluding steroid dienone is 1. The number of rotatable bonds is 5. The first-order valence-electron chi connectivity index (χ1n) is 7.78. The number of H-pyrrole nitrogens is 1. The second-order valence-corrected chi connectivity index (χ2v) is 5.86. The summed E-state index contributed by atoms with van der Waals surface area (Å²) in [6.07, 6.45) is -3.72. The number of aliphatic hydroxyl groups is 3. The number of nitrogens with one attached hydrogen (secondary N) is 1. The van der Waals surface area contributed by atoms with Gasteiger partial charge in [0.15, 0.2) is 17.4 Å². The van der Waals surface area contributed by atoms with Gasteiger partial charge in [-0.1, -0.05) is 6.08 Å². The Morgan fingerprint density at radius 2 is 2.04 bits per heavy atom. The molecule has 0 aliphatic carbocycles. The highest BCUT2D eigenvalue weighted by atomic mass is 16.6. The van der Waals surface area contributed by atoms with Gasteiger partial charge in [-0.25, -0.2) is 14.2 Å². The lowest BCUT2D eigenvalue weighted by Gasteiger charge is -2.15. The molecule has 1 aliphatic rings. The Balaban J connectivity index is 2.21. The number of anilines is 1. The fraction of sp³-hybridized carbons (Fsp3) is 0.429. The zero-order valence-electron chi connectivity index (χ0n) is 13.7. The van der Waals surface area contributed by atoms with Gasteiger partial charge in [-0.3, -0.25) is 14.3 Å². The van der Waals surface area contributed by atoms with Crippen molar-refractivity contribution in [3.05, 3.63) is 33.0 Å². The number of imidazole rings is 1. The largest absolute Gasteiger partial charge is 0.478 e. The van der Waals surface area contributed by atoms with E-state index in [1.165, 1.54) is 0 Å². The second kappa shape index (κ2) is 6.96. The number of aliphatic carboxylic acids is 1. The van der Waals surface area contributed by atoms with Gasteiger partial charge in [0, 0.05) is 12.6 Å². The number of aromatic nitrogens is 4. The Hall–Kier alpha value is -3.00. The Morgan fingerprint density at radius 3 is 2.63 bits per heavy atom. The van der Waals surface area contributed by atoms with Crippen molar-refractivity contribution in [1.29, 1.82) is 0 Å². The number of carboxylic acids is 1. The number of carbonyl (C=O) groups is 1. The predicted molar refractivity (Wildman–Crippen MR) is 88.8 cm³/mol. The zero-order valence-corrected chi connectivity index (χ0v) is 13.7. The van der Waals surface area contributed by atoms with Crippen molar-refractivity contribution in [2.75, 3.05) is 12.3 Å². The van der Waals surface area contributed by atoms with Gasteiger partial charge in [-0.05, 0) is 0 Å². The van der Waals surface area contributed by atoms with Gasteiger partial charge in [0.25, 0.3) is 5.56 Å². The molecule has 0 spiro atoms. The summed E-state index contributed by atoms with van der Waals surface area (Å²) in [7, 11) is 0. The number of hydrogen-bond donors (Lipinski definition) is 6. The van der Waals surface area contributed by atoms with Crippen molar-refractivity contribution >= 4 is 23.1 Å². The predicted octanol–water partition coefficient (Wildman–Crippen LogP) is -3.28. The Labute approximate surface area is 149 Å². The van der Waals surface area contributed by atoms with Crippen LogP contribution in [-0.2, 0) is 16.1 Å². The van der Waals surface area contributed by atoms with E-state index in [9.17, 15) is 29.7 Å². The lowest BCUT2D eigenvalue weighted by atomic mass is 10.1. The molecule has 1 fully saturated rings. The van der Waals surface area contributed by atoms with Crippen molar-refractivity contribution in [3.8, 4) is 0 Å². The van der Waals surface area contributed by atoms with Crippen LogP contribution in [0.3, 0.4) is 0 Å². The molecule has 0 bridgehead atoms. The monoisotopic (exact) mass is 383 g/mol. The summed E-state index contributed by atoms with van der Waals surface area (Å²) in [5.74, 6) is -1.54. The third-order valence-electron chi connectivity index (χ3n) is 4.15. The second-order valence-electron chi connectivity index (χ2n) is 5.86. The van der Waals surface area contributed by atoms with E-state index in [0.29, 0.717) is 0 Å². The van der Waals surface area contributed by atoms with Crippen molar-refractivity contribution < 1.29 is 30.0 Å². The van der Waals surface area contributed by atoms with Crippen LogP contribution in [0.2, 0.25) is 0 Å². The molecule has 1 aliphatic heterocycles. The fourth-order valence-electron chi connectivity index (χ4n) is 2.95. The number of nitrogen functional groups attached to an aromatic ring is 1. The number of carboxylic acid groups (broad SMARTS) is 1. The molecule has 3 heterocycles. The van der Waals surface area contributed by atoms with Crippen LogP contribution in [0.5, 0.6) is 0 Å². The highest BCUT2D eigenvalue weighted by Crippen LogP contribution is 2.30. The fourth-order valence-corrected chi connectivity index (χ4v) is 2.95. The van der Waals surface area contributed by atoms with Crippen LogP contribution >= 0.6 is 0 Å². The highest BCUT2D eigenvalue weighted by Gasteiger charge is 2.45. The number of ether oxygens (including phenoxy) is 1. The number of aliphatic hydroxyl groups excluding tert-OH is 3. The normalized spacial score (nSPS) is 25.6. The number of hydrogen-bond acceptors (Lipinski definition) is 9. The molecule has 1 saturated heterocycles. The Kier molecular flexibility index (Phi) is 4.84. The van der Waals surface area contributed by atoms with Gasteiger partial charge < -0.3 is 30.9 Å². The Morgan fingerprint density at radius 1 is 1.33 bits per heavy atom. The van der Waals surface area contributed by atoms with Crippen LogP contribution in [0.25, 0.3) is 11.2 Å². The molecule has 0 saturated carbocycles. The highest BCUT2D eigenvalue weighted by molar-refractivity contribution is 5.79. The first-order valence-corrected chi connectivity index (χ1v) is 7.78. The molecule has 2 aromatic heterocycles. The van der Waals surface area contributed by atoms with Gasteiger partial charge in [-0.15, -0.1) is 0 Å². The molecule has 3 rings (SSSR count). The molecular weight excluding hydrogens is 366 g/mol. The average molecular weight is 383 g/mol. The minimum atomic E-state index is -1.59. The van der Waals surface area contributed by atoms with Crippen molar-refractivity contribution in [3.63, 3.8) is 0 Å². The molecule has 146 valence electrons. The van der Waals surface area contributed by atoms with E-state index in [-0.39, 0.29) is 23.7 Å². The molecule has 27 heavy (non-hydrogen) atoms. The van der Waals surface area contributed by atoms with Crippen LogP contribution in [0.1, 0.15) is 6.23 Å². The van der Waals surface area contributed by atoms with Gasteiger partial charge in [0.1, 0.15) is 18.3 Å². The quantitative estimate of drug-likeness (QED) is 0.284. The molecule has 0 amide bonds. The van der Waals surface area contributed by atoms with Crippen LogP contribution in [-0.4, -0.2) is 70.4 Å². The maximum Gasteiger partial charge on any atom is 0.333 e. The van der Waals surface area contributed by atoms with Crippen molar-refractivity contribution in [2.45, 2.75) is 31.1 Å². The van der Waals surface area contributed by atoms with Crippen LogP contribution < -0.4 is 17.0 Å². The van der Waals surface area contributed by atoms with E-state index in [0.717, 1.165) is 21.3 Å². The summed E-state index contributed by atoms with van der Waals surface area (Å²) in [5.41, 5.74) is 3.48. The third kappa shape index (κ3) is 3.12. The minimum Gasteiger partial charge on any atom is -0.478 e. The lowest BCUT2D eigenvalue weighted by molar-refractivity contribution is -0.131. The number of nitrogens with zero attached hydrogens (tertiary/aromatic N) is 3. The molecule has 4 atom stereocenters. The molecule has 13 nitrogen and oxygen atoms in total. The average Bonchev–Trinajstić information content (AvgIpc) is 3.02. The van der Waals surface area contributed by atoms with Crippen molar-refractivity contribution in [2.24, 2.45) is 0 Å². The summed E-state index contributed by atoms with van der Waals surface area (Å²) in [6, 6.07) is 0. The third-order valence-corrected chi connectivity index (χ3v) is 4.15. The van der Waals surface area contributed by atoms with Gasteiger partial charge in [0.2, 0.25) is 5.95 Å². The number of nitrogens with two attached hydrogens (primary N) is 1. The van der Waals surface area contributed by atoms with Crippen LogP contribution in [0.4, 0.5) is 5.95 Å². The summed E-state index contributed by atoms with van der Waals surface area (Å²) in [4.78, 5) is 41.9. The molecular formula is C14H17N5O8. The summed E-state index contributed by atoms with van der Waals surface area (Å²) < 4.78 is 7.10. The van der Waals surface area contributed by atoms with E-state index < -0.39 is 48.4 Å². The summed E-state index contributed by atoms with van der Waals surface area (Å²) in [6.45, 7) is -0.891. The standard InChI is InChI=1S/C14H17N5O8/c15-13-16-10-7(11(25)17-13)18(3-1-2-6(21)22)14(26)19(10)12-9(24)8(23)5(4-20)27-12/h1-2,5,8-9,12,20,23-24H,3-4H2,(H,21,22)(H3,15,16,17,25)/b2-1+/t5-,8?,9+,12-/m1/s1.